The first-order valence-corrected chi connectivity index (χ1v) is 5.54. The van der Waals surface area contributed by atoms with E-state index in [0.717, 1.165) is 23.4 Å². The van der Waals surface area contributed by atoms with E-state index in [1.807, 2.05) is 13.8 Å². The molecule has 0 spiro atoms. The number of hydrogen-bond donors (Lipinski definition) is 1. The minimum atomic E-state index is -0.243. The SMILES string of the molecule is CCNc1ncc(C)c(-c2ccc(F)cc2)n1. The molecule has 0 unspecified atom stereocenters. The van der Waals surface area contributed by atoms with Crippen molar-refractivity contribution in [3.63, 3.8) is 0 Å². The van der Waals surface area contributed by atoms with E-state index in [1.54, 1.807) is 18.3 Å². The largest absolute Gasteiger partial charge is 0.354 e. The van der Waals surface area contributed by atoms with Crippen molar-refractivity contribution >= 4 is 5.95 Å². The van der Waals surface area contributed by atoms with Crippen LogP contribution in [-0.2, 0) is 0 Å². The highest BCUT2D eigenvalue weighted by Crippen LogP contribution is 2.21. The number of benzene rings is 1. The highest BCUT2D eigenvalue weighted by molar-refractivity contribution is 5.63. The van der Waals surface area contributed by atoms with E-state index in [4.69, 9.17) is 0 Å². The summed E-state index contributed by atoms with van der Waals surface area (Å²) in [6.45, 7) is 4.70. The first-order valence-electron chi connectivity index (χ1n) is 5.54. The van der Waals surface area contributed by atoms with Gasteiger partial charge in [0.15, 0.2) is 0 Å². The van der Waals surface area contributed by atoms with Crippen LogP contribution in [0.1, 0.15) is 12.5 Å². The maximum absolute atomic E-state index is 12.9. The number of hydrogen-bond acceptors (Lipinski definition) is 3. The van der Waals surface area contributed by atoms with Crippen LogP contribution in [0.4, 0.5) is 10.3 Å². The molecule has 88 valence electrons. The maximum atomic E-state index is 12.9. The molecule has 3 nitrogen and oxygen atoms in total. The van der Waals surface area contributed by atoms with Crippen molar-refractivity contribution in [3.8, 4) is 11.3 Å². The molecular formula is C13H14FN3. The Kier molecular flexibility index (Phi) is 3.32. The minimum Gasteiger partial charge on any atom is -0.354 e. The molecule has 2 rings (SSSR count). The van der Waals surface area contributed by atoms with E-state index in [0.29, 0.717) is 5.95 Å². The fraction of sp³-hybridized carbons (Fsp3) is 0.231. The van der Waals surface area contributed by atoms with Crippen LogP contribution in [0.15, 0.2) is 30.5 Å². The number of nitrogens with zero attached hydrogens (tertiary/aromatic N) is 2. The predicted octanol–water partition coefficient (Wildman–Crippen LogP) is 3.02. The fourth-order valence-electron chi connectivity index (χ4n) is 1.59. The summed E-state index contributed by atoms with van der Waals surface area (Å²) >= 11 is 0. The van der Waals surface area contributed by atoms with E-state index >= 15 is 0 Å². The van der Waals surface area contributed by atoms with E-state index in [-0.39, 0.29) is 5.82 Å². The van der Waals surface area contributed by atoms with Crippen LogP contribution in [-0.4, -0.2) is 16.5 Å². The van der Waals surface area contributed by atoms with Gasteiger partial charge in [0.05, 0.1) is 5.69 Å². The van der Waals surface area contributed by atoms with Crippen molar-refractivity contribution in [2.45, 2.75) is 13.8 Å². The molecule has 0 aliphatic carbocycles. The Morgan fingerprint density at radius 1 is 1.24 bits per heavy atom. The van der Waals surface area contributed by atoms with E-state index in [9.17, 15) is 4.39 Å². The third kappa shape index (κ3) is 2.58. The third-order valence-corrected chi connectivity index (χ3v) is 2.42. The second kappa shape index (κ2) is 4.91. The minimum absolute atomic E-state index is 0.243. The van der Waals surface area contributed by atoms with Gasteiger partial charge in [-0.25, -0.2) is 14.4 Å². The molecule has 0 saturated carbocycles. The van der Waals surface area contributed by atoms with Crippen molar-refractivity contribution in [3.05, 3.63) is 41.8 Å². The summed E-state index contributed by atoms with van der Waals surface area (Å²) in [5.41, 5.74) is 2.69. The molecule has 0 saturated heterocycles. The van der Waals surface area contributed by atoms with E-state index < -0.39 is 0 Å². The van der Waals surface area contributed by atoms with Crippen molar-refractivity contribution in [2.75, 3.05) is 11.9 Å². The Labute approximate surface area is 99.7 Å². The van der Waals surface area contributed by atoms with Crippen molar-refractivity contribution in [1.82, 2.24) is 9.97 Å². The van der Waals surface area contributed by atoms with Gasteiger partial charge in [-0.15, -0.1) is 0 Å². The lowest BCUT2D eigenvalue weighted by Gasteiger charge is -2.07. The van der Waals surface area contributed by atoms with Crippen LogP contribution >= 0.6 is 0 Å². The topological polar surface area (TPSA) is 37.8 Å². The van der Waals surface area contributed by atoms with Crippen molar-refractivity contribution in [2.24, 2.45) is 0 Å². The number of nitrogens with one attached hydrogen (secondary N) is 1. The van der Waals surface area contributed by atoms with Gasteiger partial charge in [0.25, 0.3) is 0 Å². The number of anilines is 1. The summed E-state index contributed by atoms with van der Waals surface area (Å²) < 4.78 is 12.9. The average molecular weight is 231 g/mol. The average Bonchev–Trinajstić information content (AvgIpc) is 2.33. The van der Waals surface area contributed by atoms with Gasteiger partial charge in [-0.1, -0.05) is 0 Å². The zero-order valence-corrected chi connectivity index (χ0v) is 9.87. The lowest BCUT2D eigenvalue weighted by atomic mass is 10.1. The summed E-state index contributed by atoms with van der Waals surface area (Å²) in [7, 11) is 0. The maximum Gasteiger partial charge on any atom is 0.223 e. The fourth-order valence-corrected chi connectivity index (χ4v) is 1.59. The molecular weight excluding hydrogens is 217 g/mol. The molecule has 1 heterocycles. The van der Waals surface area contributed by atoms with Crippen molar-refractivity contribution in [1.29, 1.82) is 0 Å². The molecule has 1 aromatic heterocycles. The van der Waals surface area contributed by atoms with Gasteiger partial charge in [-0.05, 0) is 43.7 Å². The number of halogens is 1. The second-order valence-corrected chi connectivity index (χ2v) is 3.76. The standard InChI is InChI=1S/C13H14FN3/c1-3-15-13-16-8-9(2)12(17-13)10-4-6-11(14)7-5-10/h4-8H,3H2,1-2H3,(H,15,16,17). The smallest absolute Gasteiger partial charge is 0.223 e. The summed E-state index contributed by atoms with van der Waals surface area (Å²) in [6, 6.07) is 6.31. The number of aromatic nitrogens is 2. The van der Waals surface area contributed by atoms with Gasteiger partial charge in [0, 0.05) is 18.3 Å². The van der Waals surface area contributed by atoms with E-state index in [1.165, 1.54) is 12.1 Å². The lowest BCUT2D eigenvalue weighted by molar-refractivity contribution is 0.628. The Morgan fingerprint density at radius 2 is 1.94 bits per heavy atom. The van der Waals surface area contributed by atoms with Gasteiger partial charge in [-0.3, -0.25) is 0 Å². The summed E-state index contributed by atoms with van der Waals surface area (Å²) in [4.78, 5) is 8.59. The molecule has 0 amide bonds. The van der Waals surface area contributed by atoms with Crippen molar-refractivity contribution < 1.29 is 4.39 Å². The molecule has 0 bridgehead atoms. The number of rotatable bonds is 3. The zero-order chi connectivity index (χ0) is 12.3. The molecule has 0 aliphatic rings. The summed E-state index contributed by atoms with van der Waals surface area (Å²) in [5.74, 6) is 0.352. The van der Waals surface area contributed by atoms with Crippen LogP contribution in [0.5, 0.6) is 0 Å². The van der Waals surface area contributed by atoms with Crippen LogP contribution in [0.2, 0.25) is 0 Å². The van der Waals surface area contributed by atoms with Crippen LogP contribution in [0, 0.1) is 12.7 Å². The van der Waals surface area contributed by atoms with Crippen LogP contribution in [0.3, 0.4) is 0 Å². The van der Waals surface area contributed by atoms with Crippen LogP contribution < -0.4 is 5.32 Å². The summed E-state index contributed by atoms with van der Waals surface area (Å²) in [5, 5.41) is 3.06. The van der Waals surface area contributed by atoms with Gasteiger partial charge < -0.3 is 5.32 Å². The molecule has 1 N–H and O–H groups in total. The highest BCUT2D eigenvalue weighted by Gasteiger charge is 2.06. The molecule has 4 heteroatoms. The molecule has 2 aromatic rings. The Morgan fingerprint density at radius 3 is 2.59 bits per heavy atom. The molecule has 17 heavy (non-hydrogen) atoms. The van der Waals surface area contributed by atoms with Gasteiger partial charge in [-0.2, -0.15) is 0 Å². The van der Waals surface area contributed by atoms with Gasteiger partial charge in [0.1, 0.15) is 5.82 Å². The van der Waals surface area contributed by atoms with E-state index in [2.05, 4.69) is 15.3 Å². The van der Waals surface area contributed by atoms with Gasteiger partial charge in [0.2, 0.25) is 5.95 Å². The molecule has 0 radical (unpaired) electrons. The summed E-state index contributed by atoms with van der Waals surface area (Å²) in [6.07, 6.45) is 1.77. The molecule has 0 aliphatic heterocycles. The first-order chi connectivity index (χ1) is 8.20. The zero-order valence-electron chi connectivity index (χ0n) is 9.87. The first kappa shape index (κ1) is 11.5. The molecule has 0 atom stereocenters. The lowest BCUT2D eigenvalue weighted by Crippen LogP contribution is -2.03. The van der Waals surface area contributed by atoms with Crippen LogP contribution in [0.25, 0.3) is 11.3 Å². The monoisotopic (exact) mass is 231 g/mol. The predicted molar refractivity (Wildman–Crippen MR) is 66.3 cm³/mol. The normalized spacial score (nSPS) is 10.3. The second-order valence-electron chi connectivity index (χ2n) is 3.76. The highest BCUT2D eigenvalue weighted by atomic mass is 19.1. The third-order valence-electron chi connectivity index (χ3n) is 2.42. The Bertz CT molecular complexity index is 509. The Hall–Kier alpha value is -1.97. The van der Waals surface area contributed by atoms with Gasteiger partial charge >= 0.3 is 0 Å². The molecule has 0 fully saturated rings. The quantitative estimate of drug-likeness (QED) is 0.882. The Balaban J connectivity index is 2.42. The number of aryl methyl sites for hydroxylation is 1. The molecule has 1 aromatic carbocycles.